The van der Waals surface area contributed by atoms with E-state index in [-0.39, 0.29) is 0 Å². The van der Waals surface area contributed by atoms with Gasteiger partial charge in [0.05, 0.1) is 0 Å². The smallest absolute Gasteiger partial charge is 0.115 e. The molecule has 2 rings (SSSR count). The fraction of sp³-hybridized carbons (Fsp3) is 0.368. The molecule has 0 amide bonds. The Bertz CT molecular complexity index is 545. The molecule has 0 fully saturated rings. The van der Waals surface area contributed by atoms with Crippen molar-refractivity contribution in [3.63, 3.8) is 0 Å². The third-order valence-corrected chi connectivity index (χ3v) is 3.92. The van der Waals surface area contributed by atoms with Crippen LogP contribution in [0, 0.1) is 0 Å². The second kappa shape index (κ2) is 8.44. The number of phenolic OH excluding ortho intramolecular Hbond substituents is 1. The minimum absolute atomic E-state index is 0.324. The Labute approximate surface area is 133 Å². The predicted molar refractivity (Wildman–Crippen MR) is 93.5 cm³/mol. The van der Waals surface area contributed by atoms with Crippen LogP contribution >= 0.6 is 0 Å². The number of nitrogens with one attached hydrogen (secondary N) is 1. The van der Waals surface area contributed by atoms with Crippen LogP contribution in [-0.2, 0) is 13.0 Å². The van der Waals surface area contributed by atoms with E-state index in [2.05, 4.69) is 48.3 Å². The van der Waals surface area contributed by atoms with Gasteiger partial charge in [-0.1, -0.05) is 24.3 Å². The van der Waals surface area contributed by atoms with Gasteiger partial charge in [0.15, 0.2) is 0 Å². The lowest BCUT2D eigenvalue weighted by Gasteiger charge is -2.21. The van der Waals surface area contributed by atoms with E-state index in [9.17, 15) is 5.11 Å². The minimum Gasteiger partial charge on any atom is -0.508 e. The van der Waals surface area contributed by atoms with Gasteiger partial charge >= 0.3 is 0 Å². The van der Waals surface area contributed by atoms with Gasteiger partial charge in [-0.2, -0.15) is 0 Å². The summed E-state index contributed by atoms with van der Waals surface area (Å²) < 4.78 is 0. The fourth-order valence-corrected chi connectivity index (χ4v) is 2.54. The zero-order chi connectivity index (χ0) is 15.8. The van der Waals surface area contributed by atoms with E-state index in [1.54, 1.807) is 12.1 Å². The lowest BCUT2D eigenvalue weighted by atomic mass is 10.1. The average molecular weight is 298 g/mol. The number of nitrogens with zero attached hydrogens (tertiary/aromatic N) is 1. The van der Waals surface area contributed by atoms with Crippen LogP contribution in [0.15, 0.2) is 48.5 Å². The number of phenols is 1. The van der Waals surface area contributed by atoms with Gasteiger partial charge in [0.25, 0.3) is 0 Å². The summed E-state index contributed by atoms with van der Waals surface area (Å²) in [4.78, 5) is 2.35. The fourth-order valence-electron chi connectivity index (χ4n) is 2.54. The van der Waals surface area contributed by atoms with Gasteiger partial charge in [-0.3, -0.25) is 0 Å². The highest BCUT2D eigenvalue weighted by Gasteiger charge is 2.01. The van der Waals surface area contributed by atoms with Crippen molar-refractivity contribution in [2.45, 2.75) is 26.8 Å². The van der Waals surface area contributed by atoms with E-state index in [1.165, 1.54) is 16.8 Å². The molecule has 0 spiro atoms. The van der Waals surface area contributed by atoms with Crippen molar-refractivity contribution in [1.82, 2.24) is 5.32 Å². The largest absolute Gasteiger partial charge is 0.508 e. The summed E-state index contributed by atoms with van der Waals surface area (Å²) in [5, 5.41) is 12.7. The van der Waals surface area contributed by atoms with Crippen LogP contribution in [0.25, 0.3) is 0 Å². The number of aromatic hydroxyl groups is 1. The van der Waals surface area contributed by atoms with Gasteiger partial charge in [0.1, 0.15) is 5.75 Å². The number of hydrogen-bond acceptors (Lipinski definition) is 3. The van der Waals surface area contributed by atoms with E-state index in [1.807, 2.05) is 12.1 Å². The Kier molecular flexibility index (Phi) is 6.28. The van der Waals surface area contributed by atoms with Crippen LogP contribution < -0.4 is 10.2 Å². The molecule has 3 heteroatoms. The van der Waals surface area contributed by atoms with E-state index in [0.717, 1.165) is 32.6 Å². The Morgan fingerprint density at radius 2 is 1.45 bits per heavy atom. The Hall–Kier alpha value is -2.00. The molecule has 118 valence electrons. The molecule has 0 unspecified atom stereocenters. The monoisotopic (exact) mass is 298 g/mol. The highest BCUT2D eigenvalue weighted by molar-refractivity contribution is 5.47. The topological polar surface area (TPSA) is 35.5 Å². The molecule has 0 saturated carbocycles. The Morgan fingerprint density at radius 3 is 2.05 bits per heavy atom. The lowest BCUT2D eigenvalue weighted by Crippen LogP contribution is -2.21. The lowest BCUT2D eigenvalue weighted by molar-refractivity contribution is 0.475. The van der Waals surface area contributed by atoms with Crippen LogP contribution in [0.5, 0.6) is 5.75 Å². The predicted octanol–water partition coefficient (Wildman–Crippen LogP) is 3.57. The van der Waals surface area contributed by atoms with Crippen molar-refractivity contribution in [3.05, 3.63) is 59.7 Å². The van der Waals surface area contributed by atoms with Crippen LogP contribution in [0.1, 0.15) is 25.0 Å². The van der Waals surface area contributed by atoms with Crippen LogP contribution in [0.2, 0.25) is 0 Å². The molecule has 0 bridgehead atoms. The molecule has 2 aromatic carbocycles. The zero-order valence-electron chi connectivity index (χ0n) is 13.5. The standard InChI is InChI=1S/C19H26N2O/c1-3-21(4-2)18-9-5-17(6-10-18)15-20-14-13-16-7-11-19(22)12-8-16/h5-12,20,22H,3-4,13-15H2,1-2H3. The summed E-state index contributed by atoms with van der Waals surface area (Å²) in [6, 6.07) is 16.2. The molecule has 0 atom stereocenters. The highest BCUT2D eigenvalue weighted by atomic mass is 16.3. The number of rotatable bonds is 8. The van der Waals surface area contributed by atoms with E-state index in [4.69, 9.17) is 0 Å². The van der Waals surface area contributed by atoms with Crippen molar-refractivity contribution in [1.29, 1.82) is 0 Å². The molecule has 22 heavy (non-hydrogen) atoms. The van der Waals surface area contributed by atoms with Crippen molar-refractivity contribution in [3.8, 4) is 5.75 Å². The van der Waals surface area contributed by atoms with Crippen molar-refractivity contribution in [2.75, 3.05) is 24.5 Å². The molecule has 2 N–H and O–H groups in total. The Morgan fingerprint density at radius 1 is 0.864 bits per heavy atom. The molecule has 0 saturated heterocycles. The number of anilines is 1. The van der Waals surface area contributed by atoms with Crippen molar-refractivity contribution >= 4 is 5.69 Å². The van der Waals surface area contributed by atoms with Crippen molar-refractivity contribution < 1.29 is 5.11 Å². The summed E-state index contributed by atoms with van der Waals surface area (Å²) in [5.41, 5.74) is 3.83. The van der Waals surface area contributed by atoms with Crippen LogP contribution in [0.4, 0.5) is 5.69 Å². The van der Waals surface area contributed by atoms with Crippen molar-refractivity contribution in [2.24, 2.45) is 0 Å². The third kappa shape index (κ3) is 4.78. The Balaban J connectivity index is 1.76. The summed E-state index contributed by atoms with van der Waals surface area (Å²) in [7, 11) is 0. The van der Waals surface area contributed by atoms with Gasteiger partial charge in [-0.05, 0) is 62.2 Å². The first kappa shape index (κ1) is 16.4. The summed E-state index contributed by atoms with van der Waals surface area (Å²) >= 11 is 0. The zero-order valence-corrected chi connectivity index (χ0v) is 13.5. The van der Waals surface area contributed by atoms with Gasteiger partial charge in [0.2, 0.25) is 0 Å². The maximum Gasteiger partial charge on any atom is 0.115 e. The average Bonchev–Trinajstić information content (AvgIpc) is 2.56. The number of benzene rings is 2. The summed E-state index contributed by atoms with van der Waals surface area (Å²) in [6.07, 6.45) is 0.970. The first-order chi connectivity index (χ1) is 10.7. The molecule has 0 aliphatic heterocycles. The molecule has 0 aliphatic rings. The minimum atomic E-state index is 0.324. The second-order valence-corrected chi connectivity index (χ2v) is 5.43. The number of hydrogen-bond donors (Lipinski definition) is 2. The summed E-state index contributed by atoms with van der Waals surface area (Å²) in [5.74, 6) is 0.324. The molecule has 0 heterocycles. The molecule has 3 nitrogen and oxygen atoms in total. The van der Waals surface area contributed by atoms with Gasteiger partial charge in [-0.15, -0.1) is 0 Å². The van der Waals surface area contributed by atoms with E-state index in [0.29, 0.717) is 5.75 Å². The third-order valence-electron chi connectivity index (χ3n) is 3.92. The second-order valence-electron chi connectivity index (χ2n) is 5.43. The van der Waals surface area contributed by atoms with Crippen LogP contribution in [0.3, 0.4) is 0 Å². The van der Waals surface area contributed by atoms with E-state index < -0.39 is 0 Å². The first-order valence-electron chi connectivity index (χ1n) is 8.05. The van der Waals surface area contributed by atoms with Gasteiger partial charge in [-0.25, -0.2) is 0 Å². The normalized spacial score (nSPS) is 10.6. The highest BCUT2D eigenvalue weighted by Crippen LogP contribution is 2.15. The molecule has 0 aromatic heterocycles. The molecule has 0 radical (unpaired) electrons. The molecular weight excluding hydrogens is 272 g/mol. The first-order valence-corrected chi connectivity index (χ1v) is 8.05. The quantitative estimate of drug-likeness (QED) is 0.731. The molecule has 0 aliphatic carbocycles. The van der Waals surface area contributed by atoms with Gasteiger partial charge < -0.3 is 15.3 Å². The van der Waals surface area contributed by atoms with Gasteiger partial charge in [0, 0.05) is 25.3 Å². The van der Waals surface area contributed by atoms with Crippen LogP contribution in [-0.4, -0.2) is 24.7 Å². The van der Waals surface area contributed by atoms with E-state index >= 15 is 0 Å². The molecule has 2 aromatic rings. The maximum absolute atomic E-state index is 9.25. The summed E-state index contributed by atoms with van der Waals surface area (Å²) in [6.45, 7) is 8.27. The maximum atomic E-state index is 9.25. The molecular formula is C19H26N2O. The SMILES string of the molecule is CCN(CC)c1ccc(CNCCc2ccc(O)cc2)cc1.